The van der Waals surface area contributed by atoms with Crippen LogP contribution >= 0.6 is 0 Å². The zero-order chi connectivity index (χ0) is 19.9. The highest BCUT2D eigenvalue weighted by molar-refractivity contribution is 5.56. The first-order valence-corrected chi connectivity index (χ1v) is 8.89. The maximum atomic E-state index is 11.7. The van der Waals surface area contributed by atoms with Crippen molar-refractivity contribution in [2.24, 2.45) is 11.3 Å². The van der Waals surface area contributed by atoms with Crippen molar-refractivity contribution < 1.29 is 4.79 Å². The van der Waals surface area contributed by atoms with Crippen molar-refractivity contribution in [2.45, 2.75) is 34.1 Å². The van der Waals surface area contributed by atoms with Crippen molar-refractivity contribution in [3.8, 4) is 6.07 Å². The fraction of sp³-hybridized carbons (Fsp3) is 0.455. The zero-order valence-corrected chi connectivity index (χ0v) is 16.9. The second-order valence-electron chi connectivity index (χ2n) is 7.86. The van der Waals surface area contributed by atoms with Gasteiger partial charge in [0.1, 0.15) is 0 Å². The predicted molar refractivity (Wildman–Crippen MR) is 108 cm³/mol. The third kappa shape index (κ3) is 5.49. The number of carbonyl (C=O) groups is 1. The third-order valence-electron chi connectivity index (χ3n) is 4.13. The van der Waals surface area contributed by atoms with Crippen LogP contribution < -0.4 is 0 Å². The molecule has 1 atom stereocenters. The first-order valence-electron chi connectivity index (χ1n) is 8.89. The average molecular weight is 354 g/mol. The van der Waals surface area contributed by atoms with E-state index in [1.54, 1.807) is 11.0 Å². The molecule has 0 aliphatic heterocycles. The van der Waals surface area contributed by atoms with Gasteiger partial charge in [-0.3, -0.25) is 4.79 Å². The van der Waals surface area contributed by atoms with Crippen molar-refractivity contribution in [2.75, 3.05) is 20.6 Å². The van der Waals surface area contributed by atoms with Crippen LogP contribution in [-0.4, -0.2) is 36.9 Å². The van der Waals surface area contributed by atoms with E-state index in [2.05, 4.69) is 45.6 Å². The largest absolute Gasteiger partial charge is 0.376 e. The summed E-state index contributed by atoms with van der Waals surface area (Å²) in [5.41, 5.74) is 3.45. The SMILES string of the molecule is C=C/C(C#N)=C(\C=C\C)C1C=C(N(C)C)C(N(C=O)CC(C)(C)C)=CC1. The molecule has 1 aliphatic rings. The molecule has 0 N–H and O–H groups in total. The molecule has 1 rings (SSSR count). The number of likely N-dealkylation sites (N-methyl/N-ethyl adjacent to an activating group) is 1. The third-order valence-corrected chi connectivity index (χ3v) is 4.13. The average Bonchev–Trinajstić information content (AvgIpc) is 2.58. The number of rotatable bonds is 7. The van der Waals surface area contributed by atoms with Gasteiger partial charge >= 0.3 is 0 Å². The Labute approximate surface area is 158 Å². The van der Waals surface area contributed by atoms with Gasteiger partial charge < -0.3 is 9.80 Å². The fourth-order valence-electron chi connectivity index (χ4n) is 3.06. The van der Waals surface area contributed by atoms with Crippen molar-refractivity contribution >= 4 is 6.41 Å². The van der Waals surface area contributed by atoms with Crippen LogP contribution in [0.4, 0.5) is 0 Å². The van der Waals surface area contributed by atoms with Crippen LogP contribution in [0.3, 0.4) is 0 Å². The molecule has 0 spiro atoms. The van der Waals surface area contributed by atoms with Crippen molar-refractivity contribution in [3.63, 3.8) is 0 Å². The van der Waals surface area contributed by atoms with Crippen molar-refractivity contribution in [3.05, 3.63) is 59.5 Å². The summed E-state index contributed by atoms with van der Waals surface area (Å²) in [5, 5.41) is 9.42. The molecule has 140 valence electrons. The minimum Gasteiger partial charge on any atom is -0.376 e. The van der Waals surface area contributed by atoms with Crippen LogP contribution in [0.15, 0.2) is 59.5 Å². The summed E-state index contributed by atoms with van der Waals surface area (Å²) >= 11 is 0. The molecule has 0 saturated carbocycles. The van der Waals surface area contributed by atoms with E-state index in [0.29, 0.717) is 12.1 Å². The lowest BCUT2D eigenvalue weighted by molar-refractivity contribution is -0.117. The van der Waals surface area contributed by atoms with E-state index in [0.717, 1.165) is 29.8 Å². The lowest BCUT2D eigenvalue weighted by Crippen LogP contribution is -2.35. The van der Waals surface area contributed by atoms with Crippen LogP contribution in [0.5, 0.6) is 0 Å². The molecular weight excluding hydrogens is 322 g/mol. The van der Waals surface area contributed by atoms with Crippen LogP contribution in [0, 0.1) is 22.7 Å². The van der Waals surface area contributed by atoms with Crippen LogP contribution in [0.1, 0.15) is 34.1 Å². The number of amides is 1. The van der Waals surface area contributed by atoms with E-state index in [1.807, 2.05) is 38.1 Å². The molecule has 0 heterocycles. The Bertz CT molecular complexity index is 694. The Morgan fingerprint density at radius 3 is 2.46 bits per heavy atom. The van der Waals surface area contributed by atoms with Gasteiger partial charge in [0.2, 0.25) is 6.41 Å². The lowest BCUT2D eigenvalue weighted by atomic mass is 9.86. The maximum Gasteiger partial charge on any atom is 0.214 e. The van der Waals surface area contributed by atoms with Crippen molar-refractivity contribution in [1.82, 2.24) is 9.80 Å². The fourth-order valence-corrected chi connectivity index (χ4v) is 3.06. The molecule has 0 aromatic rings. The minimum atomic E-state index is 0.00283. The summed E-state index contributed by atoms with van der Waals surface area (Å²) in [6, 6.07) is 2.23. The van der Waals surface area contributed by atoms with Crippen LogP contribution in [-0.2, 0) is 4.79 Å². The quantitative estimate of drug-likeness (QED) is 0.387. The van der Waals surface area contributed by atoms with Gasteiger partial charge in [0.05, 0.1) is 23.0 Å². The van der Waals surface area contributed by atoms with Crippen LogP contribution in [0.25, 0.3) is 0 Å². The van der Waals surface area contributed by atoms with Gasteiger partial charge in [-0.2, -0.15) is 5.26 Å². The Balaban J connectivity index is 3.36. The summed E-state index contributed by atoms with van der Waals surface area (Å²) in [6.45, 7) is 12.7. The summed E-state index contributed by atoms with van der Waals surface area (Å²) in [7, 11) is 3.94. The van der Waals surface area contributed by atoms with E-state index in [9.17, 15) is 10.1 Å². The van der Waals surface area contributed by atoms with Gasteiger partial charge in [-0.25, -0.2) is 0 Å². The molecule has 26 heavy (non-hydrogen) atoms. The van der Waals surface area contributed by atoms with E-state index in [-0.39, 0.29) is 11.3 Å². The normalized spacial score (nSPS) is 18.4. The number of nitrogens with zero attached hydrogens (tertiary/aromatic N) is 3. The molecular formula is C22H31N3O. The molecule has 0 aromatic carbocycles. The Kier molecular flexibility index (Phi) is 7.64. The molecule has 1 unspecified atom stereocenters. The second-order valence-corrected chi connectivity index (χ2v) is 7.86. The standard InChI is InChI=1S/C22H31N3O/c1-8-10-19(17(9-2)14-23)18-11-12-20(21(13-18)24(6)7)25(16-26)15-22(3,4)5/h8-10,12-13,16,18H,2,11,15H2,1,3-7H3/b10-8+,19-17-. The first kappa shape index (κ1) is 21.5. The second kappa shape index (κ2) is 9.24. The molecule has 0 radical (unpaired) electrons. The molecule has 4 nitrogen and oxygen atoms in total. The monoisotopic (exact) mass is 353 g/mol. The van der Waals surface area contributed by atoms with Gasteiger partial charge in [-0.05, 0) is 24.3 Å². The topological polar surface area (TPSA) is 47.3 Å². The smallest absolute Gasteiger partial charge is 0.214 e. The first-order chi connectivity index (χ1) is 12.2. The molecule has 0 saturated heterocycles. The summed E-state index contributed by atoms with van der Waals surface area (Å²) in [6.07, 6.45) is 11.4. The summed E-state index contributed by atoms with van der Waals surface area (Å²) < 4.78 is 0. The van der Waals surface area contributed by atoms with Gasteiger partial charge in [0, 0.05) is 26.6 Å². The van der Waals surface area contributed by atoms with Crippen molar-refractivity contribution in [1.29, 1.82) is 5.26 Å². The number of carbonyl (C=O) groups excluding carboxylic acids is 1. The number of nitriles is 1. The molecule has 1 aliphatic carbocycles. The Hall–Kier alpha value is -2.54. The van der Waals surface area contributed by atoms with Gasteiger partial charge in [-0.15, -0.1) is 0 Å². The van der Waals surface area contributed by atoms with Gasteiger partial charge in [0.25, 0.3) is 0 Å². The number of allylic oxidation sites excluding steroid dienone is 7. The van der Waals surface area contributed by atoms with Crippen LogP contribution in [0.2, 0.25) is 0 Å². The molecule has 1 amide bonds. The number of hydrogen-bond donors (Lipinski definition) is 0. The van der Waals surface area contributed by atoms with E-state index in [1.165, 1.54) is 0 Å². The molecule has 0 bridgehead atoms. The lowest BCUT2D eigenvalue weighted by Gasteiger charge is -2.35. The summed E-state index contributed by atoms with van der Waals surface area (Å²) in [5.74, 6) is 0.0724. The zero-order valence-electron chi connectivity index (χ0n) is 16.9. The highest BCUT2D eigenvalue weighted by Gasteiger charge is 2.26. The van der Waals surface area contributed by atoms with Gasteiger partial charge in [-0.1, -0.05) is 57.7 Å². The highest BCUT2D eigenvalue weighted by atomic mass is 16.1. The Morgan fingerprint density at radius 1 is 1.38 bits per heavy atom. The Morgan fingerprint density at radius 2 is 2.04 bits per heavy atom. The maximum absolute atomic E-state index is 11.7. The minimum absolute atomic E-state index is 0.00283. The summed E-state index contributed by atoms with van der Waals surface area (Å²) in [4.78, 5) is 15.5. The van der Waals surface area contributed by atoms with E-state index < -0.39 is 0 Å². The van der Waals surface area contributed by atoms with Gasteiger partial charge in [0.15, 0.2) is 0 Å². The van der Waals surface area contributed by atoms with E-state index in [4.69, 9.17) is 0 Å². The predicted octanol–water partition coefficient (Wildman–Crippen LogP) is 4.42. The number of hydrogen-bond acceptors (Lipinski definition) is 3. The molecule has 4 heteroatoms. The highest BCUT2D eigenvalue weighted by Crippen LogP contribution is 2.33. The molecule has 0 aromatic heterocycles. The van der Waals surface area contributed by atoms with E-state index >= 15 is 0 Å². The molecule has 0 fully saturated rings.